The summed E-state index contributed by atoms with van der Waals surface area (Å²) in [6, 6.07) is 11.9. The van der Waals surface area contributed by atoms with E-state index in [1.807, 2.05) is 36.4 Å². The van der Waals surface area contributed by atoms with Gasteiger partial charge in [-0.3, -0.25) is 0 Å². The summed E-state index contributed by atoms with van der Waals surface area (Å²) in [6.07, 6.45) is 4.06. The van der Waals surface area contributed by atoms with Crippen LogP contribution in [-0.2, 0) is 0 Å². The van der Waals surface area contributed by atoms with Crippen LogP contribution in [0.5, 0.6) is 11.5 Å². The quantitative estimate of drug-likeness (QED) is 0.508. The first kappa shape index (κ1) is 18.0. The van der Waals surface area contributed by atoms with Crippen molar-refractivity contribution in [3.63, 3.8) is 0 Å². The first-order chi connectivity index (χ1) is 11.7. The molecule has 0 saturated heterocycles. The highest BCUT2D eigenvalue weighted by Gasteiger charge is 2.19. The summed E-state index contributed by atoms with van der Waals surface area (Å²) < 4.78 is 12.0. The summed E-state index contributed by atoms with van der Waals surface area (Å²) in [5, 5.41) is 0. The third-order valence-electron chi connectivity index (χ3n) is 3.88. The molecule has 0 aliphatic heterocycles. The predicted octanol–water partition coefficient (Wildman–Crippen LogP) is 4.88. The van der Waals surface area contributed by atoms with Crippen molar-refractivity contribution in [2.24, 2.45) is 0 Å². The molecule has 0 spiro atoms. The number of ether oxygens (including phenoxy) is 2. The average Bonchev–Trinajstić information content (AvgIpc) is 2.61. The second-order valence-electron chi connectivity index (χ2n) is 5.86. The number of anilines is 2. The van der Waals surface area contributed by atoms with E-state index in [0.29, 0.717) is 36.1 Å². The smallest absolute Gasteiger partial charge is 0.186 e. The molecule has 130 valence electrons. The highest BCUT2D eigenvalue weighted by atomic mass is 16.5. The van der Waals surface area contributed by atoms with Crippen LogP contribution in [0.4, 0.5) is 11.4 Å². The maximum absolute atomic E-state index is 6.19. The molecule has 0 unspecified atom stereocenters. The molecular formula is C20H28N2O2. The molecule has 4 heteroatoms. The molecule has 0 aromatic heterocycles. The van der Waals surface area contributed by atoms with Gasteiger partial charge >= 0.3 is 0 Å². The Labute approximate surface area is 144 Å². The predicted molar refractivity (Wildman–Crippen MR) is 102 cm³/mol. The molecule has 24 heavy (non-hydrogen) atoms. The first-order valence-corrected chi connectivity index (χ1v) is 8.72. The largest absolute Gasteiger partial charge is 0.489 e. The Balaban J connectivity index is 2.47. The molecule has 4 N–H and O–H groups in total. The van der Waals surface area contributed by atoms with E-state index in [1.54, 1.807) is 0 Å². The van der Waals surface area contributed by atoms with Gasteiger partial charge in [-0.25, -0.2) is 0 Å². The van der Waals surface area contributed by atoms with Gasteiger partial charge in [-0.1, -0.05) is 57.0 Å². The van der Waals surface area contributed by atoms with E-state index in [9.17, 15) is 0 Å². The molecule has 0 heterocycles. The minimum Gasteiger partial charge on any atom is -0.489 e. The van der Waals surface area contributed by atoms with Gasteiger partial charge in [-0.2, -0.15) is 0 Å². The zero-order chi connectivity index (χ0) is 17.4. The maximum atomic E-state index is 6.19. The maximum Gasteiger partial charge on any atom is 0.186 e. The van der Waals surface area contributed by atoms with Crippen molar-refractivity contribution in [3.05, 3.63) is 36.4 Å². The van der Waals surface area contributed by atoms with E-state index >= 15 is 0 Å². The van der Waals surface area contributed by atoms with Gasteiger partial charge in [0.2, 0.25) is 0 Å². The molecule has 0 atom stereocenters. The second-order valence-corrected chi connectivity index (χ2v) is 5.86. The van der Waals surface area contributed by atoms with Gasteiger partial charge in [0.05, 0.1) is 18.9 Å². The molecule has 0 aliphatic rings. The fourth-order valence-electron chi connectivity index (χ4n) is 2.43. The van der Waals surface area contributed by atoms with E-state index in [2.05, 4.69) is 13.8 Å². The third kappa shape index (κ3) is 4.34. The van der Waals surface area contributed by atoms with Crippen molar-refractivity contribution in [1.29, 1.82) is 0 Å². The Morgan fingerprint density at radius 3 is 2.00 bits per heavy atom. The molecular weight excluding hydrogens is 300 g/mol. The van der Waals surface area contributed by atoms with Crippen molar-refractivity contribution in [2.75, 3.05) is 24.7 Å². The monoisotopic (exact) mass is 328 g/mol. The van der Waals surface area contributed by atoms with Crippen LogP contribution in [0.2, 0.25) is 0 Å². The van der Waals surface area contributed by atoms with E-state index in [1.165, 1.54) is 0 Å². The Morgan fingerprint density at radius 2 is 1.42 bits per heavy atom. The SMILES string of the molecule is CCCCOc1c(-c2ccccc2)cc(N)c(N)c1OCCCC. The number of nitrogens with two attached hydrogens (primary N) is 2. The molecule has 4 nitrogen and oxygen atoms in total. The molecule has 0 fully saturated rings. The van der Waals surface area contributed by atoms with E-state index in [0.717, 1.165) is 36.8 Å². The third-order valence-corrected chi connectivity index (χ3v) is 3.88. The average molecular weight is 328 g/mol. The number of hydrogen-bond acceptors (Lipinski definition) is 4. The molecule has 2 rings (SSSR count). The van der Waals surface area contributed by atoms with E-state index in [4.69, 9.17) is 20.9 Å². The summed E-state index contributed by atoms with van der Waals surface area (Å²) in [4.78, 5) is 0. The first-order valence-electron chi connectivity index (χ1n) is 8.72. The molecule has 0 radical (unpaired) electrons. The fourth-order valence-corrected chi connectivity index (χ4v) is 2.43. The van der Waals surface area contributed by atoms with Crippen LogP contribution in [0.15, 0.2) is 36.4 Å². The van der Waals surface area contributed by atoms with Gasteiger partial charge in [0.1, 0.15) is 5.69 Å². The van der Waals surface area contributed by atoms with Gasteiger partial charge < -0.3 is 20.9 Å². The van der Waals surface area contributed by atoms with Gasteiger partial charge in [-0.05, 0) is 24.5 Å². The lowest BCUT2D eigenvalue weighted by Crippen LogP contribution is -2.08. The van der Waals surface area contributed by atoms with Crippen molar-refractivity contribution in [1.82, 2.24) is 0 Å². The Kier molecular flexibility index (Phi) is 6.79. The Morgan fingerprint density at radius 1 is 0.833 bits per heavy atom. The van der Waals surface area contributed by atoms with Crippen molar-refractivity contribution < 1.29 is 9.47 Å². The Bertz CT molecular complexity index is 642. The van der Waals surface area contributed by atoms with Crippen LogP contribution in [0.25, 0.3) is 11.1 Å². The van der Waals surface area contributed by atoms with Gasteiger partial charge in [-0.15, -0.1) is 0 Å². The number of nitrogen functional groups attached to an aromatic ring is 2. The van der Waals surface area contributed by atoms with Crippen LogP contribution in [-0.4, -0.2) is 13.2 Å². The highest BCUT2D eigenvalue weighted by molar-refractivity contribution is 5.86. The Hall–Kier alpha value is -2.36. The lowest BCUT2D eigenvalue weighted by Gasteiger charge is -2.20. The molecule has 0 bridgehead atoms. The molecule has 2 aromatic rings. The van der Waals surface area contributed by atoms with Crippen molar-refractivity contribution in [3.8, 4) is 22.6 Å². The number of rotatable bonds is 9. The summed E-state index contributed by atoms with van der Waals surface area (Å²) in [5.74, 6) is 1.26. The lowest BCUT2D eigenvalue weighted by molar-refractivity contribution is 0.264. The highest BCUT2D eigenvalue weighted by Crippen LogP contribution is 2.45. The summed E-state index contributed by atoms with van der Waals surface area (Å²) >= 11 is 0. The fraction of sp³-hybridized carbons (Fsp3) is 0.400. The molecule has 0 saturated carbocycles. The number of unbranched alkanes of at least 4 members (excludes halogenated alkanes) is 2. The van der Waals surface area contributed by atoms with Crippen LogP contribution in [0.1, 0.15) is 39.5 Å². The van der Waals surface area contributed by atoms with Crippen LogP contribution in [0.3, 0.4) is 0 Å². The van der Waals surface area contributed by atoms with Gasteiger partial charge in [0, 0.05) is 5.56 Å². The van der Waals surface area contributed by atoms with Gasteiger partial charge in [0.15, 0.2) is 11.5 Å². The number of benzene rings is 2. The van der Waals surface area contributed by atoms with E-state index < -0.39 is 0 Å². The van der Waals surface area contributed by atoms with Crippen LogP contribution in [0, 0.1) is 0 Å². The minimum atomic E-state index is 0.456. The summed E-state index contributed by atoms with van der Waals surface area (Å²) in [6.45, 7) is 5.49. The van der Waals surface area contributed by atoms with Crippen LogP contribution >= 0.6 is 0 Å². The summed E-state index contributed by atoms with van der Waals surface area (Å²) in [7, 11) is 0. The molecule has 0 aliphatic carbocycles. The van der Waals surface area contributed by atoms with Crippen molar-refractivity contribution in [2.45, 2.75) is 39.5 Å². The topological polar surface area (TPSA) is 70.5 Å². The minimum absolute atomic E-state index is 0.456. The number of hydrogen-bond donors (Lipinski definition) is 2. The lowest BCUT2D eigenvalue weighted by atomic mass is 10.0. The van der Waals surface area contributed by atoms with Crippen LogP contribution < -0.4 is 20.9 Å². The zero-order valence-corrected chi connectivity index (χ0v) is 14.7. The standard InChI is InChI=1S/C20H28N2O2/c1-3-5-12-23-19-16(15-10-8-7-9-11-15)14-17(21)18(22)20(19)24-13-6-4-2/h7-11,14H,3-6,12-13,21-22H2,1-2H3. The zero-order valence-electron chi connectivity index (χ0n) is 14.7. The summed E-state index contributed by atoms with van der Waals surface area (Å²) in [5.41, 5.74) is 15.2. The molecule has 2 aromatic carbocycles. The molecule has 0 amide bonds. The normalized spacial score (nSPS) is 10.6. The van der Waals surface area contributed by atoms with Gasteiger partial charge in [0.25, 0.3) is 0 Å². The second kappa shape index (κ2) is 9.06. The van der Waals surface area contributed by atoms with Crippen molar-refractivity contribution >= 4 is 11.4 Å². The van der Waals surface area contributed by atoms with E-state index in [-0.39, 0.29) is 0 Å².